The smallest absolute Gasteiger partial charge is 0.234 e. The van der Waals surface area contributed by atoms with Crippen LogP contribution in [0.3, 0.4) is 0 Å². The molecule has 4 aliphatic rings. The van der Waals surface area contributed by atoms with Crippen LogP contribution in [-0.4, -0.2) is 121 Å². The molecular weight excluding hydrogens is 981 g/mol. The Kier molecular flexibility index (Phi) is 14.5. The van der Waals surface area contributed by atoms with Gasteiger partial charge in [-0.15, -0.1) is 0 Å². The number of fused-ring (bicyclic) bond motifs is 1. The molecule has 0 bridgehead atoms. The van der Waals surface area contributed by atoms with Crippen molar-refractivity contribution in [2.75, 3.05) is 92.7 Å². The summed E-state index contributed by atoms with van der Waals surface area (Å²) in [5.41, 5.74) is 5.54. The van der Waals surface area contributed by atoms with Crippen LogP contribution in [-0.2, 0) is 25.4 Å². The number of benzene rings is 3. The monoisotopic (exact) mass is 1040 g/mol. The molecule has 0 radical (unpaired) electrons. The average molecular weight is 1040 g/mol. The number of aryl methyl sites for hydroxylation is 2. The fourth-order valence-electron chi connectivity index (χ4n) is 10.6. The molecule has 0 saturated carbocycles. The van der Waals surface area contributed by atoms with E-state index in [1.807, 2.05) is 48.0 Å². The van der Waals surface area contributed by atoms with Gasteiger partial charge in [0.25, 0.3) is 0 Å². The van der Waals surface area contributed by atoms with Crippen LogP contribution in [0.5, 0.6) is 5.75 Å². The summed E-state index contributed by atoms with van der Waals surface area (Å²) in [7, 11) is -2.76. The van der Waals surface area contributed by atoms with Gasteiger partial charge in [0, 0.05) is 111 Å². The fraction of sp³-hybridized carbons (Fsp3) is 0.451. The summed E-state index contributed by atoms with van der Waals surface area (Å²) in [6.07, 6.45) is 6.94. The topological polar surface area (TPSA) is 165 Å². The number of rotatable bonds is 13. The number of nitrogens with one attached hydrogen (secondary N) is 3. The number of amides is 3. The summed E-state index contributed by atoms with van der Waals surface area (Å²) >= 11 is 3.62. The molecule has 3 N–H and O–H groups in total. The minimum absolute atomic E-state index is 0.0262. The van der Waals surface area contributed by atoms with Crippen LogP contribution in [0, 0.1) is 24.5 Å². The molecule has 3 aromatic carbocycles. The van der Waals surface area contributed by atoms with Crippen molar-refractivity contribution in [3.05, 3.63) is 87.7 Å². The van der Waals surface area contributed by atoms with Gasteiger partial charge in [-0.05, 0) is 123 Å². The van der Waals surface area contributed by atoms with E-state index < -0.39 is 36.5 Å². The molecule has 15 nitrogen and oxygen atoms in total. The summed E-state index contributed by atoms with van der Waals surface area (Å²) in [6, 6.07) is 13.0. The van der Waals surface area contributed by atoms with E-state index in [4.69, 9.17) is 9.72 Å². The number of hydrogen-bond donors (Lipinski definition) is 3. The first-order valence-electron chi connectivity index (χ1n) is 24.2. The zero-order chi connectivity index (χ0) is 49.4. The highest BCUT2D eigenvalue weighted by molar-refractivity contribution is 9.10. The van der Waals surface area contributed by atoms with Gasteiger partial charge < -0.3 is 34.6 Å². The number of aromatic nitrogens is 3. The second-order valence-corrected chi connectivity index (χ2v) is 23.1. The molecule has 9 rings (SSSR count). The third-order valence-electron chi connectivity index (χ3n) is 14.1. The second-order valence-electron chi connectivity index (χ2n) is 19.1. The third kappa shape index (κ3) is 10.4. The van der Waals surface area contributed by atoms with E-state index in [0.717, 1.165) is 73.3 Å². The Morgan fingerprint density at radius 3 is 2.30 bits per heavy atom. The molecule has 70 heavy (non-hydrogen) atoms. The number of piperidine rings is 2. The molecule has 1 unspecified atom stereocenters. The average Bonchev–Trinajstić information content (AvgIpc) is 3.83. The summed E-state index contributed by atoms with van der Waals surface area (Å²) in [4.78, 5) is 60.5. The molecule has 4 aliphatic heterocycles. The minimum Gasteiger partial charge on any atom is -0.492 e. The largest absolute Gasteiger partial charge is 0.492 e. The van der Waals surface area contributed by atoms with Crippen LogP contribution in [0.25, 0.3) is 10.9 Å². The maximum atomic E-state index is 15.3. The van der Waals surface area contributed by atoms with E-state index >= 15 is 8.78 Å². The molecule has 6 heterocycles. The van der Waals surface area contributed by atoms with E-state index in [-0.39, 0.29) is 30.2 Å². The Morgan fingerprint density at radius 1 is 0.886 bits per heavy atom. The van der Waals surface area contributed by atoms with E-state index in [1.54, 1.807) is 19.5 Å². The van der Waals surface area contributed by atoms with E-state index in [9.17, 15) is 18.9 Å². The quantitative estimate of drug-likeness (QED) is 0.0764. The second kappa shape index (κ2) is 20.6. The Labute approximate surface area is 415 Å². The Balaban J connectivity index is 0.806. The van der Waals surface area contributed by atoms with Crippen molar-refractivity contribution in [3.63, 3.8) is 0 Å². The molecule has 4 fully saturated rings. The molecule has 5 aromatic rings. The highest BCUT2D eigenvalue weighted by Gasteiger charge is 2.37. The number of imide groups is 1. The third-order valence-corrected chi connectivity index (χ3v) is 16.3. The Morgan fingerprint density at radius 2 is 1.61 bits per heavy atom. The highest BCUT2D eigenvalue weighted by Crippen LogP contribution is 2.43. The molecule has 370 valence electrons. The molecule has 3 amide bonds. The summed E-state index contributed by atoms with van der Waals surface area (Å²) in [5.74, 6) is -2.46. The first-order valence-corrected chi connectivity index (χ1v) is 27.6. The number of anilines is 6. The van der Waals surface area contributed by atoms with Crippen molar-refractivity contribution in [2.24, 2.45) is 5.92 Å². The van der Waals surface area contributed by atoms with Crippen LogP contribution in [0.15, 0.2) is 59.3 Å². The van der Waals surface area contributed by atoms with Crippen molar-refractivity contribution in [1.29, 1.82) is 0 Å². The van der Waals surface area contributed by atoms with Gasteiger partial charge in [-0.2, -0.15) is 4.98 Å². The minimum atomic E-state index is -2.76. The summed E-state index contributed by atoms with van der Waals surface area (Å²) in [5, 5.41) is 10.6. The fourth-order valence-corrected chi connectivity index (χ4v) is 12.3. The predicted molar refractivity (Wildman–Crippen MR) is 274 cm³/mol. The first kappa shape index (κ1) is 49.3. The zero-order valence-electron chi connectivity index (χ0n) is 40.3. The van der Waals surface area contributed by atoms with Crippen molar-refractivity contribution >= 4 is 91.5 Å². The van der Waals surface area contributed by atoms with Gasteiger partial charge in [0.2, 0.25) is 23.7 Å². The number of halogens is 3. The maximum absolute atomic E-state index is 15.3. The van der Waals surface area contributed by atoms with Crippen molar-refractivity contribution in [3.8, 4) is 5.75 Å². The maximum Gasteiger partial charge on any atom is 0.234 e. The highest BCUT2D eigenvalue weighted by atomic mass is 79.9. The first-order chi connectivity index (χ1) is 33.6. The van der Waals surface area contributed by atoms with Crippen molar-refractivity contribution < 1.29 is 32.5 Å². The van der Waals surface area contributed by atoms with E-state index in [1.165, 1.54) is 17.7 Å². The van der Waals surface area contributed by atoms with Gasteiger partial charge in [0.05, 0.1) is 39.8 Å². The number of nitrogens with zero attached hydrogens (tertiary/aromatic N) is 7. The van der Waals surface area contributed by atoms with Crippen molar-refractivity contribution in [2.45, 2.75) is 71.3 Å². The van der Waals surface area contributed by atoms with Gasteiger partial charge in [-0.25, -0.2) is 13.8 Å². The number of pyridine rings is 1. The molecule has 19 heteroatoms. The zero-order valence-corrected chi connectivity index (χ0v) is 42.8. The van der Waals surface area contributed by atoms with Gasteiger partial charge >= 0.3 is 0 Å². The lowest BCUT2D eigenvalue weighted by Gasteiger charge is -2.44. The predicted octanol–water partition coefficient (Wildman–Crippen LogP) is 8.23. The Hall–Kier alpha value is -5.71. The molecular formula is C51H60BrF2N10O5P. The van der Waals surface area contributed by atoms with E-state index in [2.05, 4.69) is 70.7 Å². The SMILES string of the molecule is CCOc1cc(N2CCC(N3CCN(C(=O)[C@@H]4CCN(c5cc(F)c(C6CCC(=O)NC6=O)c(F)c5)C4)CC3)CC2)c(CC)cc1Nc1ncc(Br)c(Nc2ccc3ncc(C)cc3c2P(C)(C)=O)n1. The van der Waals surface area contributed by atoms with Crippen LogP contribution in [0.2, 0.25) is 0 Å². The molecule has 0 aliphatic carbocycles. The molecule has 2 atom stereocenters. The van der Waals surface area contributed by atoms with Crippen molar-refractivity contribution in [1.82, 2.24) is 30.1 Å². The van der Waals surface area contributed by atoms with Gasteiger partial charge in [-0.1, -0.05) is 6.92 Å². The van der Waals surface area contributed by atoms with Crippen LogP contribution < -0.4 is 35.8 Å². The summed E-state index contributed by atoms with van der Waals surface area (Å²) < 4.78 is 51.3. The number of carbonyl (C=O) groups excluding carboxylic acids is 3. The lowest BCUT2D eigenvalue weighted by molar-refractivity contribution is -0.137. The molecule has 0 spiro atoms. The van der Waals surface area contributed by atoms with Gasteiger partial charge in [0.1, 0.15) is 30.3 Å². The molecule has 4 saturated heterocycles. The van der Waals surface area contributed by atoms with Crippen LogP contribution >= 0.6 is 23.1 Å². The number of piperazine rings is 1. The summed E-state index contributed by atoms with van der Waals surface area (Å²) in [6.45, 7) is 15.5. The van der Waals surface area contributed by atoms with Gasteiger partial charge in [-0.3, -0.25) is 29.6 Å². The lowest BCUT2D eigenvalue weighted by atomic mass is 9.89. The Bertz CT molecular complexity index is 2860. The normalized spacial score (nSPS) is 19.5. The van der Waals surface area contributed by atoms with Crippen LogP contribution in [0.1, 0.15) is 68.6 Å². The standard InChI is InChI=1S/C51H60BrF2N10O5P/c1-6-31-23-42(58-51-56-28-37(52)48(60-51)57-41-10-9-40-36(22-30(3)27-55-40)47(41)70(4,5)68)44(69-7-2)26-43(31)62-16-13-33(14-17-62)61-18-20-63(21-19-61)50(67)32-12-15-64(29-32)34-24-38(53)46(39(54)25-34)35-8-11-45(65)59-49(35)66/h9-10,22-28,32-33,35H,6-8,11-21,29H2,1-5H3,(H,59,65,66)(H2,56,57,58,60)/t32-,35?/m1/s1. The lowest BCUT2D eigenvalue weighted by Crippen LogP contribution is -2.55. The number of ether oxygens (including phenoxy) is 1. The van der Waals surface area contributed by atoms with Crippen LogP contribution in [0.4, 0.5) is 43.3 Å². The molecule has 2 aromatic heterocycles. The number of carbonyl (C=O) groups is 3. The van der Waals surface area contributed by atoms with E-state index in [0.29, 0.717) is 83.9 Å². The van der Waals surface area contributed by atoms with Gasteiger partial charge in [0.15, 0.2) is 0 Å². The number of hydrogen-bond acceptors (Lipinski definition) is 13.